The lowest BCUT2D eigenvalue weighted by Crippen LogP contribution is -1.86. The number of rotatable bonds is 2. The van der Waals surface area contributed by atoms with Crippen LogP contribution in [0.3, 0.4) is 0 Å². The maximum Gasteiger partial charge on any atom is 0.168 e. The Morgan fingerprint density at radius 3 is 2.12 bits per heavy atom. The zero-order valence-electron chi connectivity index (χ0n) is 5.09. The number of hydrogen-bond acceptors (Lipinski definition) is 2. The summed E-state index contributed by atoms with van der Waals surface area (Å²) < 4.78 is 20.6. The summed E-state index contributed by atoms with van der Waals surface area (Å²) in [5, 5.41) is 1.22. The molecule has 0 N–H and O–H groups in total. The molecule has 0 aliphatic heterocycles. The van der Waals surface area contributed by atoms with E-state index in [2.05, 4.69) is 0 Å². The molecule has 0 amide bonds. The van der Waals surface area contributed by atoms with Gasteiger partial charge in [-0.15, -0.1) is 0 Å². The molecule has 0 rings (SSSR count). The third-order valence-electron chi connectivity index (χ3n) is 0.579. The molecule has 48 valence electrons. The molecule has 0 unspecified atom stereocenters. The fraction of sp³-hybridized carbons (Fsp3) is 0.600. The highest BCUT2D eigenvalue weighted by molar-refractivity contribution is 7.93. The van der Waals surface area contributed by atoms with Crippen LogP contribution in [0.1, 0.15) is 13.3 Å². The lowest BCUT2D eigenvalue weighted by atomic mass is 10.5. The van der Waals surface area contributed by atoms with Gasteiger partial charge in [-0.1, -0.05) is 13.0 Å². The second kappa shape index (κ2) is 2.87. The van der Waals surface area contributed by atoms with Crippen molar-refractivity contribution in [1.29, 1.82) is 0 Å². The normalized spacial score (nSPS) is 12.8. The molecule has 0 aromatic carbocycles. The first-order valence-electron chi connectivity index (χ1n) is 2.43. The highest BCUT2D eigenvalue weighted by Gasteiger charge is 1.88. The maximum absolute atomic E-state index is 10.3. The van der Waals surface area contributed by atoms with Crippen LogP contribution in [0, 0.1) is 0 Å². The topological polar surface area (TPSA) is 34.1 Å². The van der Waals surface area contributed by atoms with Crippen LogP contribution < -0.4 is 0 Å². The Morgan fingerprint density at radius 2 is 2.00 bits per heavy atom. The molecule has 0 aromatic heterocycles. The smallest absolute Gasteiger partial charge is 0.168 e. The van der Waals surface area contributed by atoms with Crippen LogP contribution in [0.15, 0.2) is 11.5 Å². The maximum atomic E-state index is 10.3. The Kier molecular flexibility index (Phi) is 2.76. The number of sulfone groups is 1. The third-order valence-corrected chi connectivity index (χ3v) is 1.27. The van der Waals surface area contributed by atoms with Crippen molar-refractivity contribution in [3.8, 4) is 0 Å². The molecule has 0 aromatic rings. The summed E-state index contributed by atoms with van der Waals surface area (Å²) in [5.41, 5.74) is 0. The van der Waals surface area contributed by atoms with Gasteiger partial charge in [0.25, 0.3) is 0 Å². The van der Waals surface area contributed by atoms with Crippen molar-refractivity contribution in [3.63, 3.8) is 0 Å². The summed E-state index contributed by atoms with van der Waals surface area (Å²) in [4.78, 5) is 0. The standard InChI is InChI=1S/C5H10O2S/c1-3-4-5-8(2,6)7/h4-5H,3H2,1-2H3/b5-4+. The van der Waals surface area contributed by atoms with E-state index in [9.17, 15) is 8.42 Å². The van der Waals surface area contributed by atoms with E-state index in [1.165, 1.54) is 11.7 Å². The first-order valence-corrected chi connectivity index (χ1v) is 4.38. The fourth-order valence-electron chi connectivity index (χ4n) is 0.271. The van der Waals surface area contributed by atoms with Crippen molar-refractivity contribution >= 4 is 9.84 Å². The van der Waals surface area contributed by atoms with Crippen molar-refractivity contribution in [2.24, 2.45) is 0 Å². The van der Waals surface area contributed by atoms with Crippen LogP contribution >= 0.6 is 0 Å². The van der Waals surface area contributed by atoms with Gasteiger partial charge in [0.05, 0.1) is 0 Å². The minimum Gasteiger partial charge on any atom is -0.225 e. The van der Waals surface area contributed by atoms with Crippen LogP contribution in [0.25, 0.3) is 0 Å². The van der Waals surface area contributed by atoms with E-state index in [0.29, 0.717) is 0 Å². The van der Waals surface area contributed by atoms with Crippen molar-refractivity contribution in [3.05, 3.63) is 11.5 Å². The second-order valence-corrected chi connectivity index (χ2v) is 3.54. The predicted molar refractivity (Wildman–Crippen MR) is 34.3 cm³/mol. The SMILES string of the molecule is CC/C=C/S(C)(=O)=O. The van der Waals surface area contributed by atoms with Crippen molar-refractivity contribution in [2.75, 3.05) is 6.26 Å². The van der Waals surface area contributed by atoms with E-state index in [1.54, 1.807) is 6.08 Å². The van der Waals surface area contributed by atoms with Crippen molar-refractivity contribution in [2.45, 2.75) is 13.3 Å². The first-order chi connectivity index (χ1) is 3.56. The summed E-state index contributed by atoms with van der Waals surface area (Å²) >= 11 is 0. The van der Waals surface area contributed by atoms with Gasteiger partial charge in [0, 0.05) is 11.7 Å². The molecular formula is C5H10O2S. The van der Waals surface area contributed by atoms with Crippen LogP contribution in [-0.4, -0.2) is 14.7 Å². The van der Waals surface area contributed by atoms with Crippen LogP contribution in [0.5, 0.6) is 0 Å². The zero-order valence-corrected chi connectivity index (χ0v) is 5.90. The van der Waals surface area contributed by atoms with E-state index in [0.717, 1.165) is 6.42 Å². The minimum absolute atomic E-state index is 0.771. The van der Waals surface area contributed by atoms with Gasteiger partial charge in [-0.3, -0.25) is 0 Å². The molecule has 0 bridgehead atoms. The molecule has 8 heavy (non-hydrogen) atoms. The summed E-state index contributed by atoms with van der Waals surface area (Å²) in [6.07, 6.45) is 3.57. The molecule has 0 saturated carbocycles. The molecule has 0 aliphatic rings. The van der Waals surface area contributed by atoms with Gasteiger partial charge in [0.1, 0.15) is 0 Å². The molecule has 0 heterocycles. The van der Waals surface area contributed by atoms with Gasteiger partial charge >= 0.3 is 0 Å². The highest BCUT2D eigenvalue weighted by atomic mass is 32.2. The van der Waals surface area contributed by atoms with Gasteiger partial charge < -0.3 is 0 Å². The molecule has 0 aliphatic carbocycles. The van der Waals surface area contributed by atoms with E-state index in [1.807, 2.05) is 6.92 Å². The van der Waals surface area contributed by atoms with Crippen molar-refractivity contribution in [1.82, 2.24) is 0 Å². The zero-order chi connectivity index (χ0) is 6.62. The minimum atomic E-state index is -2.87. The number of hydrogen-bond donors (Lipinski definition) is 0. The summed E-state index contributed by atoms with van der Waals surface area (Å²) in [6.45, 7) is 1.89. The molecule has 2 nitrogen and oxygen atoms in total. The molecule has 0 fully saturated rings. The van der Waals surface area contributed by atoms with E-state index < -0.39 is 9.84 Å². The van der Waals surface area contributed by atoms with Crippen molar-refractivity contribution < 1.29 is 8.42 Å². The predicted octanol–water partition coefficient (Wildman–Crippen LogP) is 0.955. The molecule has 0 atom stereocenters. The highest BCUT2D eigenvalue weighted by Crippen LogP contribution is 1.86. The average molecular weight is 134 g/mol. The average Bonchev–Trinajstić information content (AvgIpc) is 1.59. The molecule has 0 saturated heterocycles. The van der Waals surface area contributed by atoms with Gasteiger partial charge in [0.15, 0.2) is 9.84 Å². The Bertz CT molecular complexity index is 165. The molecular weight excluding hydrogens is 124 g/mol. The van der Waals surface area contributed by atoms with Gasteiger partial charge in [-0.05, 0) is 6.42 Å². The lowest BCUT2D eigenvalue weighted by Gasteiger charge is -1.80. The summed E-state index contributed by atoms with van der Waals surface area (Å²) in [7, 11) is -2.87. The Morgan fingerprint density at radius 1 is 1.50 bits per heavy atom. The molecule has 0 radical (unpaired) electrons. The monoisotopic (exact) mass is 134 g/mol. The lowest BCUT2D eigenvalue weighted by molar-refractivity contribution is 0.610. The quantitative estimate of drug-likeness (QED) is 0.563. The Labute approximate surface area is 50.1 Å². The fourth-order valence-corrected chi connectivity index (χ4v) is 0.813. The summed E-state index contributed by atoms with van der Waals surface area (Å²) in [5.74, 6) is 0. The number of allylic oxidation sites excluding steroid dienone is 1. The van der Waals surface area contributed by atoms with Gasteiger partial charge in [-0.2, -0.15) is 0 Å². The van der Waals surface area contributed by atoms with E-state index in [4.69, 9.17) is 0 Å². The largest absolute Gasteiger partial charge is 0.225 e. The first kappa shape index (κ1) is 7.69. The van der Waals surface area contributed by atoms with Crippen LogP contribution in [0.2, 0.25) is 0 Å². The molecule has 0 spiro atoms. The molecule has 3 heteroatoms. The third kappa shape index (κ3) is 5.69. The second-order valence-electron chi connectivity index (χ2n) is 1.61. The van der Waals surface area contributed by atoms with E-state index in [-0.39, 0.29) is 0 Å². The Balaban J connectivity index is 3.92. The summed E-state index contributed by atoms with van der Waals surface area (Å²) in [6, 6.07) is 0. The Hall–Kier alpha value is -0.310. The van der Waals surface area contributed by atoms with Gasteiger partial charge in [-0.25, -0.2) is 8.42 Å². The van der Waals surface area contributed by atoms with E-state index >= 15 is 0 Å². The van der Waals surface area contributed by atoms with Gasteiger partial charge in [0.2, 0.25) is 0 Å². The van der Waals surface area contributed by atoms with Crippen LogP contribution in [0.4, 0.5) is 0 Å². The van der Waals surface area contributed by atoms with Crippen LogP contribution in [-0.2, 0) is 9.84 Å².